The fourth-order valence-electron chi connectivity index (χ4n) is 1.54. The van der Waals surface area contributed by atoms with Crippen LogP contribution < -0.4 is 11.1 Å². The number of nitrogens with one attached hydrogen (secondary N) is 1. The first-order valence-corrected chi connectivity index (χ1v) is 5.73. The number of benzene rings is 1. The fourth-order valence-corrected chi connectivity index (χ4v) is 1.54. The molecule has 0 bridgehead atoms. The maximum Gasteiger partial charge on any atom is 0.224 e. The minimum absolute atomic E-state index is 0.0217. The molecule has 0 fully saturated rings. The van der Waals surface area contributed by atoms with E-state index in [2.05, 4.69) is 18.3 Å². The minimum atomic E-state index is -0.117. The third-order valence-electron chi connectivity index (χ3n) is 2.75. The number of hydrogen-bond acceptors (Lipinski definition) is 2. The number of hydrogen-bond donors (Lipinski definition) is 2. The van der Waals surface area contributed by atoms with Crippen molar-refractivity contribution >= 4 is 5.91 Å². The Kier molecular flexibility index (Phi) is 4.99. The van der Waals surface area contributed by atoms with Gasteiger partial charge in [-0.3, -0.25) is 4.79 Å². The van der Waals surface area contributed by atoms with Gasteiger partial charge in [0.05, 0.1) is 0 Å². The lowest BCUT2D eigenvalue weighted by molar-refractivity contribution is -0.124. The SMILES string of the molecule is CCc1ccccc1CNC(=O)C(C)CN. The summed E-state index contributed by atoms with van der Waals surface area (Å²) in [6, 6.07) is 8.15. The molecule has 1 rings (SSSR count). The maximum absolute atomic E-state index is 11.6. The van der Waals surface area contributed by atoms with Gasteiger partial charge in [0.1, 0.15) is 0 Å². The summed E-state index contributed by atoms with van der Waals surface area (Å²) in [7, 11) is 0. The molecule has 0 radical (unpaired) electrons. The summed E-state index contributed by atoms with van der Waals surface area (Å²) >= 11 is 0. The molecule has 0 aliphatic heterocycles. The molecule has 0 aliphatic rings. The van der Waals surface area contributed by atoms with Crippen LogP contribution in [0.2, 0.25) is 0 Å². The molecule has 0 spiro atoms. The molecule has 0 aliphatic carbocycles. The molecule has 0 saturated carbocycles. The smallest absolute Gasteiger partial charge is 0.224 e. The average molecular weight is 220 g/mol. The zero-order valence-electron chi connectivity index (χ0n) is 9.99. The Morgan fingerprint density at radius 2 is 2.00 bits per heavy atom. The standard InChI is InChI=1S/C13H20N2O/c1-3-11-6-4-5-7-12(11)9-15-13(16)10(2)8-14/h4-7,10H,3,8-9,14H2,1-2H3,(H,15,16). The highest BCUT2D eigenvalue weighted by atomic mass is 16.1. The van der Waals surface area contributed by atoms with Crippen LogP contribution in [0.25, 0.3) is 0 Å². The van der Waals surface area contributed by atoms with Crippen molar-refractivity contribution in [2.45, 2.75) is 26.8 Å². The van der Waals surface area contributed by atoms with E-state index >= 15 is 0 Å². The van der Waals surface area contributed by atoms with Gasteiger partial charge in [0.2, 0.25) is 5.91 Å². The van der Waals surface area contributed by atoms with Gasteiger partial charge in [0.25, 0.3) is 0 Å². The van der Waals surface area contributed by atoms with Crippen molar-refractivity contribution in [3.63, 3.8) is 0 Å². The lowest BCUT2D eigenvalue weighted by Gasteiger charge is -2.12. The third kappa shape index (κ3) is 3.35. The Balaban J connectivity index is 2.57. The van der Waals surface area contributed by atoms with Crippen LogP contribution in [0.3, 0.4) is 0 Å². The number of nitrogens with two attached hydrogens (primary N) is 1. The largest absolute Gasteiger partial charge is 0.352 e. The third-order valence-corrected chi connectivity index (χ3v) is 2.75. The Labute approximate surface area is 97.0 Å². The van der Waals surface area contributed by atoms with Crippen molar-refractivity contribution in [3.05, 3.63) is 35.4 Å². The second-order valence-corrected chi connectivity index (χ2v) is 3.98. The van der Waals surface area contributed by atoms with Crippen LogP contribution in [-0.4, -0.2) is 12.5 Å². The normalized spacial score (nSPS) is 12.2. The zero-order valence-corrected chi connectivity index (χ0v) is 9.99. The quantitative estimate of drug-likeness (QED) is 0.789. The number of carbonyl (C=O) groups excluding carboxylic acids is 1. The van der Waals surface area contributed by atoms with E-state index in [0.29, 0.717) is 13.1 Å². The molecular weight excluding hydrogens is 200 g/mol. The molecule has 1 unspecified atom stereocenters. The molecule has 0 aromatic heterocycles. The van der Waals surface area contributed by atoms with Gasteiger partial charge >= 0.3 is 0 Å². The minimum Gasteiger partial charge on any atom is -0.352 e. The summed E-state index contributed by atoms with van der Waals surface area (Å²) in [6.45, 7) is 4.93. The van der Waals surface area contributed by atoms with Crippen LogP contribution in [0.15, 0.2) is 24.3 Å². The summed E-state index contributed by atoms with van der Waals surface area (Å²) in [5.74, 6) is -0.0952. The van der Waals surface area contributed by atoms with Gasteiger partial charge in [-0.25, -0.2) is 0 Å². The van der Waals surface area contributed by atoms with Crippen molar-refractivity contribution in [2.24, 2.45) is 11.7 Å². The van der Waals surface area contributed by atoms with Gasteiger partial charge in [0, 0.05) is 19.0 Å². The summed E-state index contributed by atoms with van der Waals surface area (Å²) in [5.41, 5.74) is 7.90. The van der Waals surface area contributed by atoms with Gasteiger partial charge in [-0.1, -0.05) is 38.1 Å². The first-order valence-electron chi connectivity index (χ1n) is 5.73. The van der Waals surface area contributed by atoms with Crippen molar-refractivity contribution < 1.29 is 4.79 Å². The molecule has 3 nitrogen and oxygen atoms in total. The second-order valence-electron chi connectivity index (χ2n) is 3.98. The number of aryl methyl sites for hydroxylation is 1. The molecule has 88 valence electrons. The lowest BCUT2D eigenvalue weighted by atomic mass is 10.1. The second kappa shape index (κ2) is 6.28. The summed E-state index contributed by atoms with van der Waals surface area (Å²) in [5, 5.41) is 2.91. The topological polar surface area (TPSA) is 55.1 Å². The van der Waals surface area contributed by atoms with E-state index in [1.54, 1.807) is 0 Å². The molecule has 16 heavy (non-hydrogen) atoms. The molecule has 1 atom stereocenters. The number of carbonyl (C=O) groups is 1. The van der Waals surface area contributed by atoms with Crippen LogP contribution >= 0.6 is 0 Å². The number of amides is 1. The molecular formula is C13H20N2O. The van der Waals surface area contributed by atoms with Gasteiger partial charge < -0.3 is 11.1 Å². The van der Waals surface area contributed by atoms with Crippen LogP contribution in [0.4, 0.5) is 0 Å². The molecule has 1 aromatic carbocycles. The Bertz CT molecular complexity index is 350. The predicted octanol–water partition coefficient (Wildman–Crippen LogP) is 1.46. The summed E-state index contributed by atoms with van der Waals surface area (Å²) in [4.78, 5) is 11.6. The van der Waals surface area contributed by atoms with E-state index < -0.39 is 0 Å². The van der Waals surface area contributed by atoms with Crippen molar-refractivity contribution in [2.75, 3.05) is 6.54 Å². The van der Waals surface area contributed by atoms with Crippen LogP contribution in [0.5, 0.6) is 0 Å². The van der Waals surface area contributed by atoms with E-state index in [-0.39, 0.29) is 11.8 Å². The molecule has 0 saturated heterocycles. The van der Waals surface area contributed by atoms with Crippen LogP contribution in [0, 0.1) is 5.92 Å². The summed E-state index contributed by atoms with van der Waals surface area (Å²) in [6.07, 6.45) is 0.985. The van der Waals surface area contributed by atoms with Crippen molar-refractivity contribution in [3.8, 4) is 0 Å². The first kappa shape index (κ1) is 12.7. The van der Waals surface area contributed by atoms with E-state index in [4.69, 9.17) is 5.73 Å². The Morgan fingerprint density at radius 1 is 1.38 bits per heavy atom. The first-order chi connectivity index (χ1) is 7.69. The average Bonchev–Trinajstić information content (AvgIpc) is 2.35. The number of rotatable bonds is 5. The van der Waals surface area contributed by atoms with Crippen LogP contribution in [0.1, 0.15) is 25.0 Å². The lowest BCUT2D eigenvalue weighted by Crippen LogP contribution is -2.33. The molecule has 3 N–H and O–H groups in total. The van der Waals surface area contributed by atoms with Crippen molar-refractivity contribution in [1.29, 1.82) is 0 Å². The highest BCUT2D eigenvalue weighted by Gasteiger charge is 2.10. The van der Waals surface area contributed by atoms with E-state index in [0.717, 1.165) is 6.42 Å². The molecule has 0 heterocycles. The summed E-state index contributed by atoms with van der Waals surface area (Å²) < 4.78 is 0. The molecule has 3 heteroatoms. The molecule has 1 amide bonds. The maximum atomic E-state index is 11.6. The molecule has 1 aromatic rings. The van der Waals surface area contributed by atoms with Gasteiger partial charge in [-0.05, 0) is 17.5 Å². The Morgan fingerprint density at radius 3 is 2.56 bits per heavy atom. The van der Waals surface area contributed by atoms with E-state index in [1.165, 1.54) is 11.1 Å². The van der Waals surface area contributed by atoms with Crippen LogP contribution in [-0.2, 0) is 17.8 Å². The van der Waals surface area contributed by atoms with Crippen molar-refractivity contribution in [1.82, 2.24) is 5.32 Å². The fraction of sp³-hybridized carbons (Fsp3) is 0.462. The zero-order chi connectivity index (χ0) is 12.0. The monoisotopic (exact) mass is 220 g/mol. The van der Waals surface area contributed by atoms with E-state index in [9.17, 15) is 4.79 Å². The highest BCUT2D eigenvalue weighted by Crippen LogP contribution is 2.09. The van der Waals surface area contributed by atoms with Gasteiger partial charge in [0.15, 0.2) is 0 Å². The van der Waals surface area contributed by atoms with E-state index in [1.807, 2.05) is 25.1 Å². The predicted molar refractivity (Wildman–Crippen MR) is 65.9 cm³/mol. The van der Waals surface area contributed by atoms with Gasteiger partial charge in [-0.15, -0.1) is 0 Å². The highest BCUT2D eigenvalue weighted by molar-refractivity contribution is 5.78. The Hall–Kier alpha value is -1.35. The van der Waals surface area contributed by atoms with Gasteiger partial charge in [-0.2, -0.15) is 0 Å².